The molecule has 3 nitrogen and oxygen atoms in total. The van der Waals surface area contributed by atoms with Gasteiger partial charge in [0.15, 0.2) is 0 Å². The highest BCUT2D eigenvalue weighted by Gasteiger charge is 2.03. The largest absolute Gasteiger partial charge is 0.382 e. The number of nitrogens with zero attached hydrogens (tertiary/aromatic N) is 2. The zero-order chi connectivity index (χ0) is 11.5. The Kier molecular flexibility index (Phi) is 2.74. The number of aromatic nitrogens is 1. The second-order valence-corrected chi connectivity index (χ2v) is 4.00. The highest BCUT2D eigenvalue weighted by Crippen LogP contribution is 2.23. The molecule has 0 aliphatic rings. The molecule has 1 aromatic carbocycles. The summed E-state index contributed by atoms with van der Waals surface area (Å²) in [6.45, 7) is 4.17. The lowest BCUT2D eigenvalue weighted by Crippen LogP contribution is -2.10. The molecule has 1 N–H and O–H groups in total. The summed E-state index contributed by atoms with van der Waals surface area (Å²) in [6, 6.07) is 9.96. The Morgan fingerprint density at radius 1 is 1.31 bits per heavy atom. The lowest BCUT2D eigenvalue weighted by Gasteiger charge is -2.12. The molecule has 16 heavy (non-hydrogen) atoms. The first-order chi connectivity index (χ1) is 7.70. The first-order valence-corrected chi connectivity index (χ1v) is 5.26. The van der Waals surface area contributed by atoms with Crippen LogP contribution in [0.2, 0.25) is 0 Å². The Morgan fingerprint density at radius 3 is 2.81 bits per heavy atom. The van der Waals surface area contributed by atoms with Crippen LogP contribution in [0.1, 0.15) is 19.4 Å². The average Bonchev–Trinajstić information content (AvgIpc) is 2.28. The predicted molar refractivity (Wildman–Crippen MR) is 65.2 cm³/mol. The molecule has 0 spiro atoms. The van der Waals surface area contributed by atoms with Crippen LogP contribution in [0.4, 0.5) is 5.69 Å². The zero-order valence-corrected chi connectivity index (χ0v) is 9.36. The van der Waals surface area contributed by atoms with Gasteiger partial charge in [0.1, 0.15) is 0 Å². The number of nitrogens with one attached hydrogen (secondary N) is 1. The van der Waals surface area contributed by atoms with Crippen molar-refractivity contribution >= 4 is 16.6 Å². The van der Waals surface area contributed by atoms with Crippen LogP contribution in [-0.4, -0.2) is 11.0 Å². The molecule has 0 bridgehead atoms. The van der Waals surface area contributed by atoms with Crippen LogP contribution in [0.5, 0.6) is 0 Å². The van der Waals surface area contributed by atoms with Crippen LogP contribution in [0, 0.1) is 11.3 Å². The molecule has 0 aliphatic carbocycles. The van der Waals surface area contributed by atoms with Crippen LogP contribution in [0.3, 0.4) is 0 Å². The van der Waals surface area contributed by atoms with Gasteiger partial charge in [-0.05, 0) is 38.1 Å². The van der Waals surface area contributed by atoms with Gasteiger partial charge >= 0.3 is 0 Å². The maximum Gasteiger partial charge on any atom is 0.0991 e. The summed E-state index contributed by atoms with van der Waals surface area (Å²) in [5.74, 6) is 0. The molecule has 0 saturated heterocycles. The van der Waals surface area contributed by atoms with Crippen molar-refractivity contribution in [2.75, 3.05) is 5.32 Å². The molecule has 0 fully saturated rings. The Labute approximate surface area is 94.7 Å². The van der Waals surface area contributed by atoms with Crippen LogP contribution in [0.25, 0.3) is 10.9 Å². The molecule has 3 heteroatoms. The molecule has 0 unspecified atom stereocenters. The molecular formula is C13H13N3. The van der Waals surface area contributed by atoms with E-state index in [-0.39, 0.29) is 0 Å². The van der Waals surface area contributed by atoms with Crippen molar-refractivity contribution in [3.63, 3.8) is 0 Å². The number of hydrogen-bond acceptors (Lipinski definition) is 3. The van der Waals surface area contributed by atoms with Gasteiger partial charge in [0.2, 0.25) is 0 Å². The van der Waals surface area contributed by atoms with Gasteiger partial charge in [-0.2, -0.15) is 5.26 Å². The SMILES string of the molecule is CC(C)Nc1ccnc2ccc(C#N)cc12. The number of pyridine rings is 1. The van der Waals surface area contributed by atoms with Crippen molar-refractivity contribution < 1.29 is 0 Å². The van der Waals surface area contributed by atoms with Crippen LogP contribution in [-0.2, 0) is 0 Å². The molecule has 2 aromatic rings. The van der Waals surface area contributed by atoms with Crippen LogP contribution in [0.15, 0.2) is 30.5 Å². The lowest BCUT2D eigenvalue weighted by molar-refractivity contribution is 0.901. The quantitative estimate of drug-likeness (QED) is 0.830. The summed E-state index contributed by atoms with van der Waals surface area (Å²) < 4.78 is 0. The topological polar surface area (TPSA) is 48.7 Å². The number of fused-ring (bicyclic) bond motifs is 1. The predicted octanol–water partition coefficient (Wildman–Crippen LogP) is 2.93. The van der Waals surface area contributed by atoms with E-state index < -0.39 is 0 Å². The third-order valence-electron chi connectivity index (χ3n) is 2.31. The maximum atomic E-state index is 8.88. The number of hydrogen-bond donors (Lipinski definition) is 1. The molecule has 1 heterocycles. The smallest absolute Gasteiger partial charge is 0.0991 e. The van der Waals surface area contributed by atoms with E-state index >= 15 is 0 Å². The number of nitriles is 1. The standard InChI is InChI=1S/C13H13N3/c1-9(2)16-13-5-6-15-12-4-3-10(8-14)7-11(12)13/h3-7,9H,1-2H3,(H,15,16). The third-order valence-corrected chi connectivity index (χ3v) is 2.31. The van der Waals surface area contributed by atoms with Crippen molar-refractivity contribution in [1.29, 1.82) is 5.26 Å². The molecule has 0 aliphatic heterocycles. The molecule has 2 rings (SSSR count). The first-order valence-electron chi connectivity index (χ1n) is 5.26. The second kappa shape index (κ2) is 4.19. The van der Waals surface area contributed by atoms with Gasteiger partial charge in [0, 0.05) is 23.3 Å². The van der Waals surface area contributed by atoms with Crippen LogP contribution >= 0.6 is 0 Å². The monoisotopic (exact) mass is 211 g/mol. The summed E-state index contributed by atoms with van der Waals surface area (Å²) in [5, 5.41) is 13.2. The minimum Gasteiger partial charge on any atom is -0.382 e. The van der Waals surface area contributed by atoms with E-state index in [1.165, 1.54) is 0 Å². The molecule has 80 valence electrons. The molecule has 0 amide bonds. The van der Waals surface area contributed by atoms with E-state index in [0.29, 0.717) is 11.6 Å². The maximum absolute atomic E-state index is 8.88. The molecule has 1 aromatic heterocycles. The fourth-order valence-electron chi connectivity index (χ4n) is 1.65. The van der Waals surface area contributed by atoms with Gasteiger partial charge in [0.05, 0.1) is 17.1 Å². The molecular weight excluding hydrogens is 198 g/mol. The van der Waals surface area contributed by atoms with E-state index in [9.17, 15) is 0 Å². The van der Waals surface area contributed by atoms with Gasteiger partial charge in [0.25, 0.3) is 0 Å². The summed E-state index contributed by atoms with van der Waals surface area (Å²) in [5.41, 5.74) is 2.59. The number of rotatable bonds is 2. The summed E-state index contributed by atoms with van der Waals surface area (Å²) in [4.78, 5) is 4.28. The fourth-order valence-corrected chi connectivity index (χ4v) is 1.65. The van der Waals surface area contributed by atoms with Gasteiger partial charge in [-0.1, -0.05) is 0 Å². The Bertz CT molecular complexity index is 553. The van der Waals surface area contributed by atoms with E-state index in [4.69, 9.17) is 5.26 Å². The van der Waals surface area contributed by atoms with E-state index in [1.807, 2.05) is 18.2 Å². The molecule has 0 radical (unpaired) electrons. The minimum absolute atomic E-state index is 0.358. The lowest BCUT2D eigenvalue weighted by atomic mass is 10.1. The number of anilines is 1. The highest BCUT2D eigenvalue weighted by molar-refractivity contribution is 5.92. The van der Waals surface area contributed by atoms with E-state index in [0.717, 1.165) is 16.6 Å². The summed E-state index contributed by atoms with van der Waals surface area (Å²) >= 11 is 0. The van der Waals surface area contributed by atoms with Gasteiger partial charge in [-0.3, -0.25) is 4.98 Å². The number of benzene rings is 1. The Hall–Kier alpha value is -2.08. The zero-order valence-electron chi connectivity index (χ0n) is 9.36. The molecule has 0 atom stereocenters. The summed E-state index contributed by atoms with van der Waals surface area (Å²) in [6.07, 6.45) is 1.78. The Balaban J connectivity index is 2.60. The van der Waals surface area contributed by atoms with Crippen molar-refractivity contribution in [1.82, 2.24) is 4.98 Å². The third kappa shape index (κ3) is 1.96. The Morgan fingerprint density at radius 2 is 2.12 bits per heavy atom. The van der Waals surface area contributed by atoms with Gasteiger partial charge in [-0.15, -0.1) is 0 Å². The van der Waals surface area contributed by atoms with Crippen LogP contribution < -0.4 is 5.32 Å². The summed E-state index contributed by atoms with van der Waals surface area (Å²) in [7, 11) is 0. The van der Waals surface area contributed by atoms with Crippen molar-refractivity contribution in [2.24, 2.45) is 0 Å². The van der Waals surface area contributed by atoms with Gasteiger partial charge < -0.3 is 5.32 Å². The second-order valence-electron chi connectivity index (χ2n) is 4.00. The van der Waals surface area contributed by atoms with Gasteiger partial charge in [-0.25, -0.2) is 0 Å². The van der Waals surface area contributed by atoms with Crippen molar-refractivity contribution in [3.05, 3.63) is 36.0 Å². The molecule has 0 saturated carbocycles. The van der Waals surface area contributed by atoms with E-state index in [1.54, 1.807) is 12.3 Å². The highest BCUT2D eigenvalue weighted by atomic mass is 14.9. The van der Waals surface area contributed by atoms with Crippen molar-refractivity contribution in [3.8, 4) is 6.07 Å². The normalized spacial score (nSPS) is 10.4. The van der Waals surface area contributed by atoms with E-state index in [2.05, 4.69) is 30.2 Å². The average molecular weight is 211 g/mol. The minimum atomic E-state index is 0.358. The fraction of sp³-hybridized carbons (Fsp3) is 0.231. The first kappa shape index (κ1) is 10.4. The van der Waals surface area contributed by atoms with Crippen molar-refractivity contribution in [2.45, 2.75) is 19.9 Å².